The van der Waals surface area contributed by atoms with Gasteiger partial charge in [-0.1, -0.05) is 18.2 Å². The van der Waals surface area contributed by atoms with Gasteiger partial charge in [-0.2, -0.15) is 5.10 Å². The molecule has 2 unspecified atom stereocenters. The maximum Gasteiger partial charge on any atom is 0.0641 e. The highest BCUT2D eigenvalue weighted by Gasteiger charge is 2.23. The van der Waals surface area contributed by atoms with Gasteiger partial charge in [-0.05, 0) is 37.7 Å². The number of hydrogen-bond donors (Lipinski definition) is 1. The highest BCUT2D eigenvalue weighted by Crippen LogP contribution is 2.37. The van der Waals surface area contributed by atoms with Crippen LogP contribution in [0.4, 0.5) is 0 Å². The van der Waals surface area contributed by atoms with Crippen LogP contribution < -0.4 is 5.32 Å². The summed E-state index contributed by atoms with van der Waals surface area (Å²) in [4.78, 5) is 1.42. The summed E-state index contributed by atoms with van der Waals surface area (Å²) in [6.45, 7) is 4.31. The Balaban J connectivity index is 1.80. The maximum absolute atomic E-state index is 4.44. The molecule has 0 saturated carbocycles. The highest BCUT2D eigenvalue weighted by atomic mass is 32.2. The number of rotatable bonds is 3. The van der Waals surface area contributed by atoms with Crippen molar-refractivity contribution < 1.29 is 0 Å². The average Bonchev–Trinajstić information content (AvgIpc) is 2.78. The smallest absolute Gasteiger partial charge is 0.0641 e. The first-order valence-corrected chi connectivity index (χ1v) is 8.11. The third-order valence-corrected chi connectivity index (χ3v) is 5.05. The Morgan fingerprint density at radius 2 is 2.20 bits per heavy atom. The fourth-order valence-corrected chi connectivity index (χ4v) is 4.08. The molecule has 106 valence electrons. The molecule has 0 amide bonds. The van der Waals surface area contributed by atoms with Gasteiger partial charge in [0, 0.05) is 35.8 Å². The van der Waals surface area contributed by atoms with Crippen molar-refractivity contribution in [3.05, 3.63) is 47.3 Å². The third-order valence-electron chi connectivity index (χ3n) is 3.93. The maximum atomic E-state index is 4.44. The molecular formula is C16H21N3S. The summed E-state index contributed by atoms with van der Waals surface area (Å²) in [5.41, 5.74) is 3.85. The van der Waals surface area contributed by atoms with Crippen molar-refractivity contribution in [2.24, 2.45) is 7.05 Å². The van der Waals surface area contributed by atoms with E-state index < -0.39 is 0 Å². The van der Waals surface area contributed by atoms with Crippen molar-refractivity contribution in [1.29, 1.82) is 0 Å². The zero-order valence-corrected chi connectivity index (χ0v) is 13.1. The van der Waals surface area contributed by atoms with Gasteiger partial charge in [0.15, 0.2) is 0 Å². The van der Waals surface area contributed by atoms with E-state index in [1.807, 2.05) is 23.5 Å². The summed E-state index contributed by atoms with van der Waals surface area (Å²) in [5, 5.41) is 8.22. The van der Waals surface area contributed by atoms with Crippen molar-refractivity contribution in [3.63, 3.8) is 0 Å². The molecule has 0 fully saturated rings. The van der Waals surface area contributed by atoms with Gasteiger partial charge < -0.3 is 5.32 Å². The summed E-state index contributed by atoms with van der Waals surface area (Å²) < 4.78 is 1.90. The van der Waals surface area contributed by atoms with E-state index in [9.17, 15) is 0 Å². The van der Waals surface area contributed by atoms with E-state index in [-0.39, 0.29) is 0 Å². The lowest BCUT2D eigenvalue weighted by atomic mass is 10.0. The van der Waals surface area contributed by atoms with Crippen LogP contribution in [0.2, 0.25) is 0 Å². The van der Waals surface area contributed by atoms with Gasteiger partial charge in [-0.25, -0.2) is 0 Å². The molecule has 0 saturated heterocycles. The summed E-state index contributed by atoms with van der Waals surface area (Å²) >= 11 is 1.97. The van der Waals surface area contributed by atoms with E-state index in [0.717, 1.165) is 5.69 Å². The van der Waals surface area contributed by atoms with Crippen LogP contribution in [0.25, 0.3) is 0 Å². The Kier molecular flexibility index (Phi) is 3.85. The first-order valence-electron chi connectivity index (χ1n) is 7.13. The zero-order chi connectivity index (χ0) is 14.1. The summed E-state index contributed by atoms with van der Waals surface area (Å²) in [5.74, 6) is 1.19. The minimum absolute atomic E-state index is 0.324. The van der Waals surface area contributed by atoms with Crippen LogP contribution in [0.3, 0.4) is 0 Å². The van der Waals surface area contributed by atoms with Crippen molar-refractivity contribution in [2.45, 2.75) is 37.2 Å². The first-order chi connectivity index (χ1) is 9.65. The Hall–Kier alpha value is -1.26. The Bertz CT molecular complexity index is 606. The van der Waals surface area contributed by atoms with Gasteiger partial charge in [0.05, 0.1) is 5.69 Å². The summed E-state index contributed by atoms with van der Waals surface area (Å²) in [6.07, 6.45) is 3.31. The molecule has 1 aliphatic rings. The number of nitrogens with one attached hydrogen (secondary N) is 1. The molecule has 2 heterocycles. The molecule has 1 N–H and O–H groups in total. The Morgan fingerprint density at radius 3 is 2.95 bits per heavy atom. The third kappa shape index (κ3) is 2.63. The predicted molar refractivity (Wildman–Crippen MR) is 84.0 cm³/mol. The SMILES string of the molecule is Cc1nn(C)cc1C(C)NC1CCSc2ccccc21. The standard InChI is InChI=1S/C16H21N3S/c1-11(14-10-19(3)18-12(14)2)17-15-8-9-20-16-7-5-4-6-13(15)16/h4-7,10-11,15,17H,8-9H2,1-3H3. The van der Waals surface area contributed by atoms with E-state index in [1.54, 1.807) is 0 Å². The highest BCUT2D eigenvalue weighted by molar-refractivity contribution is 7.99. The summed E-state index contributed by atoms with van der Waals surface area (Å²) in [6, 6.07) is 9.52. The van der Waals surface area contributed by atoms with Crippen molar-refractivity contribution in [2.75, 3.05) is 5.75 Å². The number of hydrogen-bond acceptors (Lipinski definition) is 3. The van der Waals surface area contributed by atoms with Crippen LogP contribution in [0.15, 0.2) is 35.4 Å². The topological polar surface area (TPSA) is 29.9 Å². The van der Waals surface area contributed by atoms with Crippen LogP contribution >= 0.6 is 11.8 Å². The number of benzene rings is 1. The number of fused-ring (bicyclic) bond motifs is 1. The lowest BCUT2D eigenvalue weighted by Gasteiger charge is -2.28. The normalized spacial score (nSPS) is 19.6. The minimum atomic E-state index is 0.324. The molecule has 4 heteroatoms. The van der Waals surface area contributed by atoms with Gasteiger partial charge in [0.1, 0.15) is 0 Å². The molecule has 20 heavy (non-hydrogen) atoms. The number of aryl methyl sites for hydroxylation is 2. The quantitative estimate of drug-likeness (QED) is 0.935. The molecule has 0 bridgehead atoms. The second-order valence-corrected chi connectivity index (χ2v) is 6.60. The Morgan fingerprint density at radius 1 is 1.40 bits per heavy atom. The van der Waals surface area contributed by atoms with Crippen LogP contribution in [0.5, 0.6) is 0 Å². The number of nitrogens with zero attached hydrogens (tertiary/aromatic N) is 2. The van der Waals surface area contributed by atoms with Crippen LogP contribution in [0, 0.1) is 6.92 Å². The Labute approximate surface area is 124 Å². The zero-order valence-electron chi connectivity index (χ0n) is 12.3. The van der Waals surface area contributed by atoms with E-state index in [4.69, 9.17) is 0 Å². The van der Waals surface area contributed by atoms with E-state index in [1.165, 1.54) is 28.2 Å². The average molecular weight is 287 g/mol. The first kappa shape index (κ1) is 13.7. The molecule has 1 aliphatic heterocycles. The van der Waals surface area contributed by atoms with Crippen LogP contribution in [-0.2, 0) is 7.05 Å². The summed E-state index contributed by atoms with van der Waals surface area (Å²) in [7, 11) is 1.98. The van der Waals surface area contributed by atoms with Gasteiger partial charge in [-0.15, -0.1) is 11.8 Å². The van der Waals surface area contributed by atoms with E-state index >= 15 is 0 Å². The minimum Gasteiger partial charge on any atom is -0.303 e. The van der Waals surface area contributed by atoms with Crippen LogP contribution in [0.1, 0.15) is 42.2 Å². The van der Waals surface area contributed by atoms with Gasteiger partial charge >= 0.3 is 0 Å². The van der Waals surface area contributed by atoms with Crippen LogP contribution in [-0.4, -0.2) is 15.5 Å². The van der Waals surface area contributed by atoms with E-state index in [2.05, 4.69) is 54.7 Å². The lowest BCUT2D eigenvalue weighted by Crippen LogP contribution is -2.27. The largest absolute Gasteiger partial charge is 0.303 e. The lowest BCUT2D eigenvalue weighted by molar-refractivity contribution is 0.449. The molecule has 3 nitrogen and oxygen atoms in total. The molecule has 2 atom stereocenters. The number of thioether (sulfide) groups is 1. The van der Waals surface area contributed by atoms with Gasteiger partial charge in [-0.3, -0.25) is 4.68 Å². The molecule has 1 aromatic heterocycles. The van der Waals surface area contributed by atoms with Gasteiger partial charge in [0.2, 0.25) is 0 Å². The predicted octanol–water partition coefficient (Wildman–Crippen LogP) is 3.62. The second-order valence-electron chi connectivity index (χ2n) is 5.46. The van der Waals surface area contributed by atoms with Crippen molar-refractivity contribution >= 4 is 11.8 Å². The molecule has 0 radical (unpaired) electrons. The monoisotopic (exact) mass is 287 g/mol. The second kappa shape index (κ2) is 5.62. The molecule has 0 aliphatic carbocycles. The van der Waals surface area contributed by atoms with Gasteiger partial charge in [0.25, 0.3) is 0 Å². The molecule has 3 rings (SSSR count). The molecular weight excluding hydrogens is 266 g/mol. The van der Waals surface area contributed by atoms with Crippen molar-refractivity contribution in [1.82, 2.24) is 15.1 Å². The fourth-order valence-electron chi connectivity index (χ4n) is 2.95. The molecule has 0 spiro atoms. The molecule has 2 aromatic rings. The molecule has 1 aromatic carbocycles. The fraction of sp³-hybridized carbons (Fsp3) is 0.438. The van der Waals surface area contributed by atoms with E-state index in [0.29, 0.717) is 12.1 Å². The van der Waals surface area contributed by atoms with Crippen molar-refractivity contribution in [3.8, 4) is 0 Å². The number of aromatic nitrogens is 2.